The van der Waals surface area contributed by atoms with Crippen molar-refractivity contribution >= 4 is 23.5 Å². The second-order valence-corrected chi connectivity index (χ2v) is 8.24. The van der Waals surface area contributed by atoms with E-state index in [1.54, 1.807) is 25.2 Å². The molecule has 160 valence electrons. The molecule has 0 unspecified atom stereocenters. The Bertz CT molecular complexity index is 1090. The van der Waals surface area contributed by atoms with E-state index in [-0.39, 0.29) is 11.9 Å². The minimum absolute atomic E-state index is 0.100. The summed E-state index contributed by atoms with van der Waals surface area (Å²) in [5.41, 5.74) is 3.88. The van der Waals surface area contributed by atoms with E-state index in [9.17, 15) is 4.79 Å². The van der Waals surface area contributed by atoms with Crippen molar-refractivity contribution in [3.8, 4) is 11.4 Å². The molecule has 1 aliphatic carbocycles. The Morgan fingerprint density at radius 3 is 2.94 bits per heavy atom. The standard InChI is InChI=1S/C22H26N8O/c1-29(2)21(31)18-10-6-12-30(18)22-24-15-9-5-7-14(15)20(26-22)25-19-13-17(27-28-19)16-8-3-4-11-23-16/h3-4,8,11,13,18H,5-7,9-10,12H2,1-2H3,(H2,24,25,26,27,28)/t18-/m0/s1. The summed E-state index contributed by atoms with van der Waals surface area (Å²) in [6.07, 6.45) is 6.47. The highest BCUT2D eigenvalue weighted by Gasteiger charge is 2.34. The number of aryl methyl sites for hydroxylation is 1. The molecule has 0 aromatic carbocycles. The number of anilines is 3. The van der Waals surface area contributed by atoms with Crippen LogP contribution < -0.4 is 10.2 Å². The molecular weight excluding hydrogens is 392 g/mol. The Kier molecular flexibility index (Phi) is 5.01. The molecule has 1 amide bonds. The fourth-order valence-electron chi connectivity index (χ4n) is 4.37. The molecule has 0 spiro atoms. The lowest BCUT2D eigenvalue weighted by Crippen LogP contribution is -2.43. The molecule has 31 heavy (non-hydrogen) atoms. The average molecular weight is 419 g/mol. The predicted octanol–water partition coefficient (Wildman–Crippen LogP) is 2.55. The summed E-state index contributed by atoms with van der Waals surface area (Å²) in [5.74, 6) is 2.19. The molecule has 4 heterocycles. The number of aromatic amines is 1. The molecule has 2 N–H and O–H groups in total. The molecule has 1 aliphatic heterocycles. The number of H-pyrrole nitrogens is 1. The zero-order valence-electron chi connectivity index (χ0n) is 17.8. The van der Waals surface area contributed by atoms with Crippen LogP contribution >= 0.6 is 0 Å². The van der Waals surface area contributed by atoms with Crippen LogP contribution in [0.5, 0.6) is 0 Å². The van der Waals surface area contributed by atoms with Crippen molar-refractivity contribution in [3.63, 3.8) is 0 Å². The molecule has 1 atom stereocenters. The van der Waals surface area contributed by atoms with Gasteiger partial charge in [0.1, 0.15) is 11.9 Å². The van der Waals surface area contributed by atoms with E-state index in [4.69, 9.17) is 9.97 Å². The highest BCUT2D eigenvalue weighted by Crippen LogP contribution is 2.33. The first-order valence-electron chi connectivity index (χ1n) is 10.7. The van der Waals surface area contributed by atoms with Crippen LogP contribution in [-0.2, 0) is 17.6 Å². The summed E-state index contributed by atoms with van der Waals surface area (Å²) in [6.45, 7) is 0.786. The van der Waals surface area contributed by atoms with Crippen molar-refractivity contribution in [2.24, 2.45) is 0 Å². The first kappa shape index (κ1) is 19.5. The van der Waals surface area contributed by atoms with Gasteiger partial charge in [0.2, 0.25) is 11.9 Å². The Balaban J connectivity index is 1.45. The van der Waals surface area contributed by atoms with Gasteiger partial charge in [0.15, 0.2) is 5.82 Å². The average Bonchev–Trinajstić information content (AvgIpc) is 3.53. The predicted molar refractivity (Wildman–Crippen MR) is 118 cm³/mol. The minimum Gasteiger partial charge on any atom is -0.347 e. The number of nitrogens with zero attached hydrogens (tertiary/aromatic N) is 6. The maximum absolute atomic E-state index is 12.7. The zero-order valence-corrected chi connectivity index (χ0v) is 17.8. The van der Waals surface area contributed by atoms with Gasteiger partial charge >= 0.3 is 0 Å². The molecule has 2 aliphatic rings. The number of amides is 1. The van der Waals surface area contributed by atoms with Gasteiger partial charge < -0.3 is 15.1 Å². The summed E-state index contributed by atoms with van der Waals surface area (Å²) in [7, 11) is 3.60. The normalized spacial score (nSPS) is 17.6. The number of pyridine rings is 1. The number of aromatic nitrogens is 5. The maximum atomic E-state index is 12.7. The summed E-state index contributed by atoms with van der Waals surface area (Å²) in [4.78, 5) is 30.4. The first-order chi connectivity index (χ1) is 15.1. The van der Waals surface area contributed by atoms with Crippen LogP contribution in [0.2, 0.25) is 0 Å². The number of nitrogens with one attached hydrogen (secondary N) is 2. The molecule has 3 aromatic rings. The van der Waals surface area contributed by atoms with Gasteiger partial charge in [-0.05, 0) is 44.2 Å². The molecule has 5 rings (SSSR count). The van der Waals surface area contributed by atoms with Crippen molar-refractivity contribution in [3.05, 3.63) is 41.7 Å². The molecule has 0 radical (unpaired) electrons. The van der Waals surface area contributed by atoms with E-state index in [0.717, 1.165) is 67.1 Å². The van der Waals surface area contributed by atoms with Gasteiger partial charge in [0, 0.05) is 38.5 Å². The second-order valence-electron chi connectivity index (χ2n) is 8.24. The summed E-state index contributed by atoms with van der Waals surface area (Å²) < 4.78 is 0. The number of likely N-dealkylation sites (N-methyl/N-ethyl adjacent to an activating group) is 1. The van der Waals surface area contributed by atoms with E-state index < -0.39 is 0 Å². The molecule has 9 heteroatoms. The van der Waals surface area contributed by atoms with Crippen molar-refractivity contribution in [2.45, 2.75) is 38.1 Å². The van der Waals surface area contributed by atoms with Crippen LogP contribution in [0.15, 0.2) is 30.5 Å². The largest absolute Gasteiger partial charge is 0.347 e. The summed E-state index contributed by atoms with van der Waals surface area (Å²) in [6, 6.07) is 7.49. The van der Waals surface area contributed by atoms with Crippen molar-refractivity contribution in [1.29, 1.82) is 0 Å². The van der Waals surface area contributed by atoms with Gasteiger partial charge in [-0.1, -0.05) is 6.07 Å². The Morgan fingerprint density at radius 2 is 2.13 bits per heavy atom. The van der Waals surface area contributed by atoms with E-state index >= 15 is 0 Å². The van der Waals surface area contributed by atoms with Gasteiger partial charge in [-0.15, -0.1) is 0 Å². The van der Waals surface area contributed by atoms with E-state index in [1.165, 1.54) is 0 Å². The molecular formula is C22H26N8O. The Morgan fingerprint density at radius 1 is 1.23 bits per heavy atom. The molecule has 9 nitrogen and oxygen atoms in total. The van der Waals surface area contributed by atoms with Gasteiger partial charge in [-0.25, -0.2) is 4.98 Å². The van der Waals surface area contributed by atoms with Gasteiger partial charge in [0.05, 0.1) is 17.1 Å². The van der Waals surface area contributed by atoms with Crippen LogP contribution in [0.4, 0.5) is 17.6 Å². The Hall–Kier alpha value is -3.49. The molecule has 0 bridgehead atoms. The lowest BCUT2D eigenvalue weighted by molar-refractivity contribution is -0.129. The maximum Gasteiger partial charge on any atom is 0.244 e. The van der Waals surface area contributed by atoms with Crippen LogP contribution in [0.1, 0.15) is 30.5 Å². The van der Waals surface area contributed by atoms with Crippen LogP contribution in [-0.4, -0.2) is 62.6 Å². The van der Waals surface area contributed by atoms with Crippen LogP contribution in [0, 0.1) is 0 Å². The zero-order chi connectivity index (χ0) is 21.4. The topological polar surface area (TPSA) is 103 Å². The van der Waals surface area contributed by atoms with E-state index in [2.05, 4.69) is 25.4 Å². The number of hydrogen-bond donors (Lipinski definition) is 2. The van der Waals surface area contributed by atoms with E-state index in [1.807, 2.05) is 24.3 Å². The van der Waals surface area contributed by atoms with Crippen LogP contribution in [0.25, 0.3) is 11.4 Å². The lowest BCUT2D eigenvalue weighted by atomic mass is 10.2. The number of carbonyl (C=O) groups excluding carboxylic acids is 1. The molecule has 0 saturated carbocycles. The highest BCUT2D eigenvalue weighted by molar-refractivity contribution is 5.85. The molecule has 1 fully saturated rings. The number of rotatable bonds is 5. The summed E-state index contributed by atoms with van der Waals surface area (Å²) in [5, 5.41) is 10.8. The first-order valence-corrected chi connectivity index (χ1v) is 10.7. The summed E-state index contributed by atoms with van der Waals surface area (Å²) >= 11 is 0. The third-order valence-corrected chi connectivity index (χ3v) is 5.92. The van der Waals surface area contributed by atoms with Gasteiger partial charge in [-0.3, -0.25) is 14.9 Å². The smallest absolute Gasteiger partial charge is 0.244 e. The third-order valence-electron chi connectivity index (χ3n) is 5.92. The quantitative estimate of drug-likeness (QED) is 0.656. The monoisotopic (exact) mass is 418 g/mol. The Labute approximate surface area is 180 Å². The minimum atomic E-state index is -0.205. The fourth-order valence-corrected chi connectivity index (χ4v) is 4.37. The van der Waals surface area contributed by atoms with Gasteiger partial charge in [0.25, 0.3) is 0 Å². The fraction of sp³-hybridized carbons (Fsp3) is 0.409. The van der Waals surface area contributed by atoms with Crippen molar-refractivity contribution < 1.29 is 4.79 Å². The number of fused-ring (bicyclic) bond motifs is 1. The second kappa shape index (κ2) is 7.98. The number of hydrogen-bond acceptors (Lipinski definition) is 7. The SMILES string of the molecule is CN(C)C(=O)[C@@H]1CCCN1c1nc2c(c(Nc3cc(-c4ccccn4)[nH]n3)n1)CCC2. The number of carbonyl (C=O) groups is 1. The lowest BCUT2D eigenvalue weighted by Gasteiger charge is -2.27. The molecule has 3 aromatic heterocycles. The van der Waals surface area contributed by atoms with E-state index in [0.29, 0.717) is 11.8 Å². The van der Waals surface area contributed by atoms with Crippen LogP contribution in [0.3, 0.4) is 0 Å². The highest BCUT2D eigenvalue weighted by atomic mass is 16.2. The molecule has 1 saturated heterocycles. The third kappa shape index (κ3) is 3.71. The van der Waals surface area contributed by atoms with Gasteiger partial charge in [-0.2, -0.15) is 10.1 Å². The van der Waals surface area contributed by atoms with Crippen molar-refractivity contribution in [2.75, 3.05) is 30.9 Å². The van der Waals surface area contributed by atoms with Crippen molar-refractivity contribution in [1.82, 2.24) is 30.0 Å².